The van der Waals surface area contributed by atoms with E-state index in [2.05, 4.69) is 15.9 Å². The molecule has 0 aromatic heterocycles. The average Bonchev–Trinajstić information content (AvgIpc) is 2.32. The molecule has 0 aliphatic rings. The van der Waals surface area contributed by atoms with E-state index in [1.54, 1.807) is 6.07 Å². The Morgan fingerprint density at radius 2 is 1.83 bits per heavy atom. The monoisotopic (exact) mass is 327 g/mol. The van der Waals surface area contributed by atoms with Gasteiger partial charge < -0.3 is 5.73 Å². The summed E-state index contributed by atoms with van der Waals surface area (Å²) < 4.78 is 13.7. The van der Waals surface area contributed by atoms with Crippen molar-refractivity contribution in [3.63, 3.8) is 0 Å². The first-order valence-electron chi connectivity index (χ1n) is 5.51. The number of hydrogen-bond acceptors (Lipinski definition) is 1. The summed E-state index contributed by atoms with van der Waals surface area (Å²) in [5.74, 6) is -0.274. The largest absolute Gasteiger partial charge is 0.324 e. The van der Waals surface area contributed by atoms with Gasteiger partial charge in [-0.1, -0.05) is 45.7 Å². The standard InChI is InChI=1S/C14H12BrClFN/c15-13-8-11(17)5-6-12(13)14(18)7-9-1-3-10(16)4-2-9/h1-6,8,14H,7,18H2. The van der Waals surface area contributed by atoms with Crippen molar-refractivity contribution in [2.75, 3.05) is 0 Å². The number of rotatable bonds is 3. The van der Waals surface area contributed by atoms with Crippen LogP contribution in [0.25, 0.3) is 0 Å². The zero-order valence-corrected chi connectivity index (χ0v) is 11.9. The quantitative estimate of drug-likeness (QED) is 0.883. The van der Waals surface area contributed by atoms with Crippen LogP contribution in [-0.2, 0) is 6.42 Å². The zero-order valence-electron chi connectivity index (χ0n) is 9.54. The van der Waals surface area contributed by atoms with Gasteiger partial charge in [0.15, 0.2) is 0 Å². The van der Waals surface area contributed by atoms with Crippen molar-refractivity contribution >= 4 is 27.5 Å². The van der Waals surface area contributed by atoms with Crippen molar-refractivity contribution < 1.29 is 4.39 Å². The third-order valence-electron chi connectivity index (χ3n) is 2.73. The Balaban J connectivity index is 2.16. The lowest BCUT2D eigenvalue weighted by Crippen LogP contribution is -2.14. The summed E-state index contributed by atoms with van der Waals surface area (Å²) in [4.78, 5) is 0. The molecule has 2 rings (SSSR count). The molecule has 1 nitrogen and oxygen atoms in total. The Morgan fingerprint density at radius 1 is 1.17 bits per heavy atom. The molecular formula is C14H12BrClFN. The van der Waals surface area contributed by atoms with Crippen LogP contribution in [-0.4, -0.2) is 0 Å². The average molecular weight is 329 g/mol. The fourth-order valence-electron chi connectivity index (χ4n) is 1.79. The highest BCUT2D eigenvalue weighted by Gasteiger charge is 2.11. The predicted octanol–water partition coefficient (Wildman–Crippen LogP) is 4.48. The summed E-state index contributed by atoms with van der Waals surface area (Å²) in [6, 6.07) is 11.9. The van der Waals surface area contributed by atoms with Crippen molar-refractivity contribution in [1.29, 1.82) is 0 Å². The first kappa shape index (κ1) is 13.5. The normalized spacial score (nSPS) is 12.4. The summed E-state index contributed by atoms with van der Waals surface area (Å²) in [5, 5.41) is 0.704. The van der Waals surface area contributed by atoms with E-state index in [1.807, 2.05) is 24.3 Å². The lowest BCUT2D eigenvalue weighted by Gasteiger charge is -2.14. The zero-order chi connectivity index (χ0) is 13.1. The molecule has 0 spiro atoms. The Labute approximate surface area is 119 Å². The number of hydrogen-bond donors (Lipinski definition) is 1. The van der Waals surface area contributed by atoms with Gasteiger partial charge in [-0.2, -0.15) is 0 Å². The molecule has 0 bridgehead atoms. The predicted molar refractivity (Wildman–Crippen MR) is 76.2 cm³/mol. The molecule has 1 atom stereocenters. The summed E-state index contributed by atoms with van der Waals surface area (Å²) >= 11 is 9.16. The van der Waals surface area contributed by atoms with E-state index in [0.29, 0.717) is 15.9 Å². The van der Waals surface area contributed by atoms with E-state index in [1.165, 1.54) is 12.1 Å². The highest BCUT2D eigenvalue weighted by Crippen LogP contribution is 2.25. The fourth-order valence-corrected chi connectivity index (χ4v) is 2.56. The van der Waals surface area contributed by atoms with Crippen molar-refractivity contribution in [2.45, 2.75) is 12.5 Å². The van der Waals surface area contributed by atoms with Crippen LogP contribution in [0.3, 0.4) is 0 Å². The molecule has 4 heteroatoms. The first-order chi connectivity index (χ1) is 8.56. The molecule has 0 radical (unpaired) electrons. The maximum Gasteiger partial charge on any atom is 0.124 e. The topological polar surface area (TPSA) is 26.0 Å². The maximum absolute atomic E-state index is 13.0. The minimum atomic E-state index is -0.274. The molecule has 0 saturated heterocycles. The molecule has 1 unspecified atom stereocenters. The van der Waals surface area contributed by atoms with Crippen LogP contribution in [0.15, 0.2) is 46.9 Å². The Morgan fingerprint density at radius 3 is 2.44 bits per heavy atom. The second-order valence-corrected chi connectivity index (χ2v) is 5.39. The van der Waals surface area contributed by atoms with Crippen LogP contribution >= 0.6 is 27.5 Å². The summed E-state index contributed by atoms with van der Waals surface area (Å²) in [5.41, 5.74) is 8.13. The van der Waals surface area contributed by atoms with Crippen LogP contribution in [0.2, 0.25) is 5.02 Å². The van der Waals surface area contributed by atoms with Gasteiger partial charge in [0, 0.05) is 15.5 Å². The summed E-state index contributed by atoms with van der Waals surface area (Å²) in [7, 11) is 0. The van der Waals surface area contributed by atoms with Crippen molar-refractivity contribution in [3.8, 4) is 0 Å². The molecule has 2 N–H and O–H groups in total. The van der Waals surface area contributed by atoms with Gasteiger partial charge in [-0.15, -0.1) is 0 Å². The van der Waals surface area contributed by atoms with Gasteiger partial charge in [0.05, 0.1) is 0 Å². The van der Waals surface area contributed by atoms with E-state index in [-0.39, 0.29) is 11.9 Å². The smallest absolute Gasteiger partial charge is 0.124 e. The summed E-state index contributed by atoms with van der Waals surface area (Å²) in [6.45, 7) is 0. The van der Waals surface area contributed by atoms with Crippen LogP contribution in [0, 0.1) is 5.82 Å². The molecule has 0 saturated carbocycles. The number of halogens is 3. The highest BCUT2D eigenvalue weighted by molar-refractivity contribution is 9.10. The number of benzene rings is 2. The third kappa shape index (κ3) is 3.31. The highest BCUT2D eigenvalue weighted by atomic mass is 79.9. The van der Waals surface area contributed by atoms with E-state index >= 15 is 0 Å². The van der Waals surface area contributed by atoms with Crippen molar-refractivity contribution in [2.24, 2.45) is 5.73 Å². The molecule has 0 aliphatic carbocycles. The van der Waals surface area contributed by atoms with Gasteiger partial charge >= 0.3 is 0 Å². The molecule has 2 aromatic carbocycles. The molecule has 2 aromatic rings. The minimum absolute atomic E-state index is 0.179. The fraction of sp³-hybridized carbons (Fsp3) is 0.143. The Hall–Kier alpha value is -0.900. The van der Waals surface area contributed by atoms with Crippen molar-refractivity contribution in [3.05, 3.63) is 68.9 Å². The van der Waals surface area contributed by atoms with Crippen LogP contribution in [0.4, 0.5) is 4.39 Å². The molecule has 0 heterocycles. The van der Waals surface area contributed by atoms with E-state index in [9.17, 15) is 4.39 Å². The van der Waals surface area contributed by atoms with E-state index in [0.717, 1.165) is 11.1 Å². The first-order valence-corrected chi connectivity index (χ1v) is 6.68. The maximum atomic E-state index is 13.0. The van der Waals surface area contributed by atoms with Gasteiger partial charge in [0.25, 0.3) is 0 Å². The molecule has 0 aliphatic heterocycles. The molecule has 18 heavy (non-hydrogen) atoms. The lowest BCUT2D eigenvalue weighted by molar-refractivity contribution is 0.623. The molecule has 0 fully saturated rings. The third-order valence-corrected chi connectivity index (χ3v) is 3.67. The Bertz CT molecular complexity index is 542. The van der Waals surface area contributed by atoms with Crippen LogP contribution < -0.4 is 5.73 Å². The van der Waals surface area contributed by atoms with Crippen LogP contribution in [0.1, 0.15) is 17.2 Å². The second-order valence-electron chi connectivity index (χ2n) is 4.10. The lowest BCUT2D eigenvalue weighted by atomic mass is 10.00. The van der Waals surface area contributed by atoms with Gasteiger partial charge in [-0.05, 0) is 41.8 Å². The van der Waals surface area contributed by atoms with Crippen molar-refractivity contribution in [1.82, 2.24) is 0 Å². The minimum Gasteiger partial charge on any atom is -0.324 e. The summed E-state index contributed by atoms with van der Waals surface area (Å²) in [6.07, 6.45) is 0.682. The van der Waals surface area contributed by atoms with Gasteiger partial charge in [0.1, 0.15) is 5.82 Å². The van der Waals surface area contributed by atoms with Crippen LogP contribution in [0.5, 0.6) is 0 Å². The molecule has 0 amide bonds. The van der Waals surface area contributed by atoms with Gasteiger partial charge in [-0.25, -0.2) is 4.39 Å². The number of nitrogens with two attached hydrogens (primary N) is 1. The second kappa shape index (κ2) is 5.83. The SMILES string of the molecule is NC(Cc1ccc(Cl)cc1)c1ccc(F)cc1Br. The van der Waals surface area contributed by atoms with E-state index < -0.39 is 0 Å². The van der Waals surface area contributed by atoms with Gasteiger partial charge in [-0.3, -0.25) is 0 Å². The van der Waals surface area contributed by atoms with E-state index in [4.69, 9.17) is 17.3 Å². The molecule has 94 valence electrons. The van der Waals surface area contributed by atoms with Gasteiger partial charge in [0.2, 0.25) is 0 Å². The Kier molecular flexibility index (Phi) is 4.38. The molecular weight excluding hydrogens is 317 g/mol.